The van der Waals surface area contributed by atoms with Gasteiger partial charge in [0.25, 0.3) is 0 Å². The summed E-state index contributed by atoms with van der Waals surface area (Å²) in [6.45, 7) is 5.43. The maximum absolute atomic E-state index is 4.70. The minimum Gasteiger partial charge on any atom is -0.345 e. The van der Waals surface area contributed by atoms with Crippen LogP contribution < -0.4 is 10.2 Å². The highest BCUT2D eigenvalue weighted by atomic mass is 32.1. The molecule has 1 atom stereocenters. The second-order valence-corrected chi connectivity index (χ2v) is 4.92. The molecule has 4 heteroatoms. The van der Waals surface area contributed by atoms with E-state index in [0.717, 1.165) is 18.3 Å². The van der Waals surface area contributed by atoms with Crippen molar-refractivity contribution in [1.82, 2.24) is 10.3 Å². The molecule has 0 aromatic carbocycles. The molecule has 0 radical (unpaired) electrons. The zero-order valence-electron chi connectivity index (χ0n) is 9.66. The molecule has 1 unspecified atom stereocenters. The van der Waals surface area contributed by atoms with Crippen LogP contribution in [0.15, 0.2) is 5.38 Å². The van der Waals surface area contributed by atoms with E-state index in [1.807, 2.05) is 7.05 Å². The van der Waals surface area contributed by atoms with Gasteiger partial charge in [0.15, 0.2) is 5.13 Å². The first kappa shape index (κ1) is 10.9. The third kappa shape index (κ3) is 2.32. The molecule has 0 spiro atoms. The molecule has 1 heterocycles. The maximum Gasteiger partial charge on any atom is 0.185 e. The smallest absolute Gasteiger partial charge is 0.185 e. The molecule has 1 aliphatic carbocycles. The zero-order chi connectivity index (χ0) is 10.8. The number of nitrogens with zero attached hydrogens (tertiary/aromatic N) is 2. The van der Waals surface area contributed by atoms with Crippen LogP contribution in [-0.4, -0.2) is 24.6 Å². The Hall–Kier alpha value is -0.610. The van der Waals surface area contributed by atoms with E-state index in [2.05, 4.69) is 29.4 Å². The van der Waals surface area contributed by atoms with Gasteiger partial charge < -0.3 is 10.2 Å². The quantitative estimate of drug-likeness (QED) is 0.834. The van der Waals surface area contributed by atoms with Crippen LogP contribution in [0, 0.1) is 0 Å². The molecule has 15 heavy (non-hydrogen) atoms. The van der Waals surface area contributed by atoms with Gasteiger partial charge in [-0.25, -0.2) is 4.98 Å². The Morgan fingerprint density at radius 2 is 2.40 bits per heavy atom. The Bertz CT molecular complexity index is 319. The molecule has 0 bridgehead atoms. The molecule has 84 valence electrons. The third-order valence-electron chi connectivity index (χ3n) is 2.96. The Balaban J connectivity index is 2.10. The topological polar surface area (TPSA) is 28.2 Å². The van der Waals surface area contributed by atoms with Crippen molar-refractivity contribution in [2.24, 2.45) is 0 Å². The van der Waals surface area contributed by atoms with Crippen molar-refractivity contribution in [2.45, 2.75) is 38.8 Å². The molecule has 0 saturated heterocycles. The van der Waals surface area contributed by atoms with Crippen LogP contribution in [0.3, 0.4) is 0 Å². The minimum absolute atomic E-state index is 0.355. The molecule has 0 amide bonds. The van der Waals surface area contributed by atoms with Crippen molar-refractivity contribution in [3.05, 3.63) is 11.1 Å². The maximum atomic E-state index is 4.70. The Morgan fingerprint density at radius 3 is 2.93 bits per heavy atom. The molecule has 1 aromatic rings. The molecule has 1 fully saturated rings. The summed E-state index contributed by atoms with van der Waals surface area (Å²) < 4.78 is 0. The molecular weight excluding hydrogens is 206 g/mol. The van der Waals surface area contributed by atoms with Crippen LogP contribution in [0.1, 0.15) is 38.4 Å². The predicted molar refractivity (Wildman–Crippen MR) is 65.6 cm³/mol. The summed E-state index contributed by atoms with van der Waals surface area (Å²) >= 11 is 1.77. The Morgan fingerprint density at radius 1 is 1.67 bits per heavy atom. The lowest BCUT2D eigenvalue weighted by Crippen LogP contribution is -2.25. The van der Waals surface area contributed by atoms with Gasteiger partial charge in [-0.05, 0) is 33.7 Å². The van der Waals surface area contributed by atoms with Crippen LogP contribution in [0.2, 0.25) is 0 Å². The number of hydrogen-bond acceptors (Lipinski definition) is 4. The van der Waals surface area contributed by atoms with Crippen molar-refractivity contribution < 1.29 is 0 Å². The SMILES string of the molecule is CCN(c1nc(C(C)NC)cs1)C1CC1. The number of nitrogens with one attached hydrogen (secondary N) is 1. The van der Waals surface area contributed by atoms with Crippen molar-refractivity contribution >= 4 is 16.5 Å². The summed E-state index contributed by atoms with van der Waals surface area (Å²) in [4.78, 5) is 7.12. The molecule has 2 rings (SSSR count). The number of hydrogen-bond donors (Lipinski definition) is 1. The van der Waals surface area contributed by atoms with Gasteiger partial charge in [-0.3, -0.25) is 0 Å². The van der Waals surface area contributed by atoms with Crippen LogP contribution in [0.5, 0.6) is 0 Å². The van der Waals surface area contributed by atoms with E-state index >= 15 is 0 Å². The van der Waals surface area contributed by atoms with E-state index < -0.39 is 0 Å². The first-order valence-corrected chi connectivity index (χ1v) is 6.53. The molecule has 1 aliphatic rings. The van der Waals surface area contributed by atoms with Crippen LogP contribution in [0.25, 0.3) is 0 Å². The molecule has 3 nitrogen and oxygen atoms in total. The van der Waals surface area contributed by atoms with Crippen molar-refractivity contribution in [2.75, 3.05) is 18.5 Å². The number of rotatable bonds is 5. The first-order valence-electron chi connectivity index (χ1n) is 5.65. The highest BCUT2D eigenvalue weighted by Gasteiger charge is 2.29. The van der Waals surface area contributed by atoms with Crippen LogP contribution in [0.4, 0.5) is 5.13 Å². The van der Waals surface area contributed by atoms with Gasteiger partial charge in [-0.15, -0.1) is 11.3 Å². The number of anilines is 1. The highest BCUT2D eigenvalue weighted by molar-refractivity contribution is 7.13. The number of thiazole rings is 1. The van der Waals surface area contributed by atoms with Crippen molar-refractivity contribution in [1.29, 1.82) is 0 Å². The minimum atomic E-state index is 0.355. The van der Waals surface area contributed by atoms with Gasteiger partial charge in [-0.2, -0.15) is 0 Å². The van der Waals surface area contributed by atoms with Gasteiger partial charge in [0.1, 0.15) is 0 Å². The average molecular weight is 225 g/mol. The fourth-order valence-electron chi connectivity index (χ4n) is 1.69. The number of aromatic nitrogens is 1. The molecule has 1 saturated carbocycles. The van der Waals surface area contributed by atoms with E-state index in [4.69, 9.17) is 4.98 Å². The van der Waals surface area contributed by atoms with E-state index in [9.17, 15) is 0 Å². The summed E-state index contributed by atoms with van der Waals surface area (Å²) in [7, 11) is 1.97. The zero-order valence-corrected chi connectivity index (χ0v) is 10.5. The van der Waals surface area contributed by atoms with Gasteiger partial charge >= 0.3 is 0 Å². The van der Waals surface area contributed by atoms with Gasteiger partial charge in [-0.1, -0.05) is 0 Å². The Labute approximate surface area is 95.5 Å². The highest BCUT2D eigenvalue weighted by Crippen LogP contribution is 2.33. The van der Waals surface area contributed by atoms with E-state index in [0.29, 0.717) is 6.04 Å². The largest absolute Gasteiger partial charge is 0.345 e. The predicted octanol–water partition coefficient (Wildman–Crippen LogP) is 2.41. The van der Waals surface area contributed by atoms with Gasteiger partial charge in [0.2, 0.25) is 0 Å². The lowest BCUT2D eigenvalue weighted by atomic mass is 10.3. The standard InChI is InChI=1S/C11H19N3S/c1-4-14(9-5-6-9)11-13-10(7-15-11)8(2)12-3/h7-9,12H,4-6H2,1-3H3. The van der Waals surface area contributed by atoms with E-state index in [1.165, 1.54) is 18.0 Å². The third-order valence-corrected chi connectivity index (χ3v) is 3.86. The molecular formula is C11H19N3S. The van der Waals surface area contributed by atoms with Crippen LogP contribution >= 0.6 is 11.3 Å². The first-order chi connectivity index (χ1) is 7.26. The summed E-state index contributed by atoms with van der Waals surface area (Å²) in [5.74, 6) is 0. The monoisotopic (exact) mass is 225 g/mol. The van der Waals surface area contributed by atoms with Gasteiger partial charge in [0.05, 0.1) is 5.69 Å². The van der Waals surface area contributed by atoms with Crippen molar-refractivity contribution in [3.8, 4) is 0 Å². The average Bonchev–Trinajstić information content (AvgIpc) is 2.96. The molecule has 1 N–H and O–H groups in total. The second kappa shape index (κ2) is 4.49. The molecule has 0 aliphatic heterocycles. The summed E-state index contributed by atoms with van der Waals surface area (Å²) in [5, 5.41) is 6.58. The summed E-state index contributed by atoms with van der Waals surface area (Å²) in [6, 6.07) is 1.12. The van der Waals surface area contributed by atoms with Crippen molar-refractivity contribution in [3.63, 3.8) is 0 Å². The second-order valence-electron chi connectivity index (χ2n) is 4.08. The normalized spacial score (nSPS) is 17.8. The van der Waals surface area contributed by atoms with E-state index in [-0.39, 0.29) is 0 Å². The van der Waals surface area contributed by atoms with E-state index in [1.54, 1.807) is 11.3 Å². The fraction of sp³-hybridized carbons (Fsp3) is 0.727. The summed E-state index contributed by atoms with van der Waals surface area (Å²) in [5.41, 5.74) is 1.16. The van der Waals surface area contributed by atoms with Crippen LogP contribution in [-0.2, 0) is 0 Å². The lowest BCUT2D eigenvalue weighted by molar-refractivity contribution is 0.635. The van der Waals surface area contributed by atoms with Gasteiger partial charge in [0, 0.05) is 24.0 Å². The molecule has 1 aromatic heterocycles. The lowest BCUT2D eigenvalue weighted by Gasteiger charge is -2.18. The fourth-order valence-corrected chi connectivity index (χ4v) is 2.75. The summed E-state index contributed by atoms with van der Waals surface area (Å²) in [6.07, 6.45) is 2.68. The Kier molecular flexibility index (Phi) is 3.26.